The Morgan fingerprint density at radius 3 is 2.33 bits per heavy atom. The second kappa shape index (κ2) is 5.63. The zero-order chi connectivity index (χ0) is 9.61. The van der Waals surface area contributed by atoms with E-state index in [1.807, 2.05) is 0 Å². The van der Waals surface area contributed by atoms with Crippen LogP contribution in [0.3, 0.4) is 0 Å². The quantitative estimate of drug-likeness (QED) is 0.605. The van der Waals surface area contributed by atoms with Gasteiger partial charge in [-0.1, -0.05) is 45.3 Å². The van der Waals surface area contributed by atoms with E-state index in [2.05, 4.69) is 28.6 Å². The van der Waals surface area contributed by atoms with E-state index in [4.69, 9.17) is 5.73 Å². The molecule has 0 rings (SSSR count). The van der Waals surface area contributed by atoms with Gasteiger partial charge in [-0.2, -0.15) is 0 Å². The molecule has 0 aliphatic rings. The van der Waals surface area contributed by atoms with Crippen LogP contribution in [-0.2, 0) is 0 Å². The second-order valence-electron chi connectivity index (χ2n) is 5.00. The molecule has 0 radical (unpaired) electrons. The van der Waals surface area contributed by atoms with Crippen molar-refractivity contribution in [1.29, 1.82) is 0 Å². The molecule has 0 aliphatic heterocycles. The fourth-order valence-corrected chi connectivity index (χ4v) is 1.23. The maximum absolute atomic E-state index is 5.97. The summed E-state index contributed by atoms with van der Waals surface area (Å²) in [5.74, 6) is 0. The van der Waals surface area contributed by atoms with E-state index in [9.17, 15) is 0 Å². The summed E-state index contributed by atoms with van der Waals surface area (Å²) in [4.78, 5) is 0. The predicted octanol–water partition coefficient (Wildman–Crippen LogP) is 2.12. The summed E-state index contributed by atoms with van der Waals surface area (Å²) < 4.78 is 0. The van der Waals surface area contributed by atoms with Crippen molar-refractivity contribution in [2.24, 2.45) is 5.73 Å². The summed E-state index contributed by atoms with van der Waals surface area (Å²) in [6, 6.07) is 0.434. The normalized spacial score (nSPS) is 14.7. The molecule has 0 amide bonds. The first-order chi connectivity index (χ1) is 5.45. The minimum atomic E-state index is 0.434. The molecule has 0 aromatic carbocycles. The summed E-state index contributed by atoms with van der Waals surface area (Å²) in [6.07, 6.45) is 6.18. The highest BCUT2D eigenvalue weighted by atomic mass is 14.6. The molecule has 0 bridgehead atoms. The van der Waals surface area contributed by atoms with Crippen molar-refractivity contribution in [3.63, 3.8) is 0 Å². The molecular weight excluding hydrogens is 145 g/mol. The van der Waals surface area contributed by atoms with Gasteiger partial charge in [-0.25, -0.2) is 0 Å². The van der Waals surface area contributed by atoms with Crippen LogP contribution in [0.2, 0.25) is 5.31 Å². The van der Waals surface area contributed by atoms with Gasteiger partial charge in [0.15, 0.2) is 0 Å². The van der Waals surface area contributed by atoms with Crippen LogP contribution in [0.25, 0.3) is 0 Å². The minimum Gasteiger partial charge on any atom is -0.328 e. The number of hydrogen-bond donors (Lipinski definition) is 1. The van der Waals surface area contributed by atoms with Crippen molar-refractivity contribution in [3.8, 4) is 0 Å². The van der Waals surface area contributed by atoms with Gasteiger partial charge in [0.2, 0.25) is 0 Å². The third kappa shape index (κ3) is 8.12. The van der Waals surface area contributed by atoms with Gasteiger partial charge in [-0.3, -0.25) is 0 Å². The van der Waals surface area contributed by atoms with Crippen LogP contribution in [0, 0.1) is 0 Å². The molecular formula is C10H24BN. The molecule has 2 N–H and O–H groups in total. The number of nitrogens with two attached hydrogens (primary N) is 1. The van der Waals surface area contributed by atoms with Gasteiger partial charge in [0.25, 0.3) is 0 Å². The van der Waals surface area contributed by atoms with Gasteiger partial charge in [0.1, 0.15) is 7.85 Å². The van der Waals surface area contributed by atoms with E-state index in [0.29, 0.717) is 11.4 Å². The van der Waals surface area contributed by atoms with E-state index >= 15 is 0 Å². The second-order valence-corrected chi connectivity index (χ2v) is 5.00. The lowest BCUT2D eigenvalue weighted by Crippen LogP contribution is -2.21. The van der Waals surface area contributed by atoms with Crippen LogP contribution in [0.5, 0.6) is 0 Å². The Hall–Kier alpha value is 0.0249. The lowest BCUT2D eigenvalue weighted by Gasteiger charge is -2.20. The highest BCUT2D eigenvalue weighted by Gasteiger charge is 2.12. The summed E-state index contributed by atoms with van der Waals surface area (Å²) in [7, 11) is 2.28. The maximum Gasteiger partial charge on any atom is 0.108 e. The summed E-state index contributed by atoms with van der Waals surface area (Å²) in [5.41, 5.74) is 5.97. The van der Waals surface area contributed by atoms with Crippen molar-refractivity contribution >= 4 is 7.85 Å². The van der Waals surface area contributed by atoms with Gasteiger partial charge >= 0.3 is 0 Å². The summed E-state index contributed by atoms with van der Waals surface area (Å²) in [5, 5.41) is 0.448. The van der Waals surface area contributed by atoms with E-state index in [-0.39, 0.29) is 0 Å². The molecule has 1 atom stereocenters. The predicted molar refractivity (Wildman–Crippen MR) is 59.3 cm³/mol. The highest BCUT2D eigenvalue weighted by molar-refractivity contribution is 6.14. The van der Waals surface area contributed by atoms with Gasteiger partial charge < -0.3 is 5.73 Å². The van der Waals surface area contributed by atoms with Gasteiger partial charge in [-0.15, -0.1) is 0 Å². The van der Waals surface area contributed by atoms with E-state index in [1.54, 1.807) is 0 Å². The Bertz CT molecular complexity index is 107. The molecule has 72 valence electrons. The van der Waals surface area contributed by atoms with Crippen molar-refractivity contribution in [2.75, 3.05) is 0 Å². The SMILES string of the molecule is BC(C)(C)CCC(N)CCCC. The Morgan fingerprint density at radius 2 is 1.92 bits per heavy atom. The Labute approximate surface area is 78.5 Å². The molecule has 12 heavy (non-hydrogen) atoms. The molecule has 0 saturated carbocycles. The Balaban J connectivity index is 3.37. The standard InChI is InChI=1S/C10H24BN/c1-4-5-6-9(12)7-8-10(2,3)11/h9H,4-8,11-12H2,1-3H3. The lowest BCUT2D eigenvalue weighted by atomic mass is 9.69. The minimum absolute atomic E-state index is 0.434. The van der Waals surface area contributed by atoms with Crippen LogP contribution < -0.4 is 5.73 Å². The maximum atomic E-state index is 5.97. The molecule has 0 spiro atoms. The van der Waals surface area contributed by atoms with Crippen LogP contribution in [-0.4, -0.2) is 13.9 Å². The Morgan fingerprint density at radius 1 is 1.33 bits per heavy atom. The molecule has 1 unspecified atom stereocenters. The molecule has 2 heteroatoms. The largest absolute Gasteiger partial charge is 0.328 e. The average molecular weight is 169 g/mol. The van der Waals surface area contributed by atoms with E-state index in [1.165, 1.54) is 32.1 Å². The molecule has 1 nitrogen and oxygen atoms in total. The zero-order valence-corrected chi connectivity index (χ0v) is 9.19. The summed E-state index contributed by atoms with van der Waals surface area (Å²) in [6.45, 7) is 6.77. The molecule has 0 saturated heterocycles. The van der Waals surface area contributed by atoms with Crippen LogP contribution in [0.15, 0.2) is 0 Å². The fourth-order valence-electron chi connectivity index (χ4n) is 1.23. The first kappa shape index (κ1) is 12.0. The third-order valence-corrected chi connectivity index (χ3v) is 2.19. The molecule has 0 aliphatic carbocycles. The van der Waals surface area contributed by atoms with Crippen molar-refractivity contribution in [1.82, 2.24) is 0 Å². The van der Waals surface area contributed by atoms with Gasteiger partial charge in [-0.05, 0) is 12.8 Å². The van der Waals surface area contributed by atoms with Crippen LogP contribution in [0.4, 0.5) is 0 Å². The molecule has 0 aromatic rings. The van der Waals surface area contributed by atoms with Crippen molar-refractivity contribution in [2.45, 2.75) is 64.2 Å². The van der Waals surface area contributed by atoms with Gasteiger partial charge in [0.05, 0.1) is 0 Å². The highest BCUT2D eigenvalue weighted by Crippen LogP contribution is 2.26. The lowest BCUT2D eigenvalue weighted by molar-refractivity contribution is 0.479. The average Bonchev–Trinajstić information content (AvgIpc) is 1.95. The van der Waals surface area contributed by atoms with Crippen LogP contribution >= 0.6 is 0 Å². The Kier molecular flexibility index (Phi) is 5.64. The van der Waals surface area contributed by atoms with Gasteiger partial charge in [0, 0.05) is 6.04 Å². The number of rotatable bonds is 6. The first-order valence-electron chi connectivity index (χ1n) is 5.21. The van der Waals surface area contributed by atoms with Crippen LogP contribution in [0.1, 0.15) is 52.9 Å². The summed E-state index contributed by atoms with van der Waals surface area (Å²) >= 11 is 0. The third-order valence-electron chi connectivity index (χ3n) is 2.19. The number of unbranched alkanes of at least 4 members (excludes halogenated alkanes) is 1. The number of hydrogen-bond acceptors (Lipinski definition) is 1. The molecule has 0 heterocycles. The van der Waals surface area contributed by atoms with E-state index < -0.39 is 0 Å². The monoisotopic (exact) mass is 169 g/mol. The zero-order valence-electron chi connectivity index (χ0n) is 9.19. The first-order valence-corrected chi connectivity index (χ1v) is 5.21. The van der Waals surface area contributed by atoms with E-state index in [0.717, 1.165) is 0 Å². The molecule has 0 fully saturated rings. The van der Waals surface area contributed by atoms with Crippen molar-refractivity contribution < 1.29 is 0 Å². The smallest absolute Gasteiger partial charge is 0.108 e. The topological polar surface area (TPSA) is 26.0 Å². The fraction of sp³-hybridized carbons (Fsp3) is 1.00. The van der Waals surface area contributed by atoms with Crippen molar-refractivity contribution in [3.05, 3.63) is 0 Å². The molecule has 0 aromatic heterocycles.